The summed E-state index contributed by atoms with van der Waals surface area (Å²) in [6.07, 6.45) is 2.84. The fraction of sp³-hybridized carbons (Fsp3) is 0.267. The first kappa shape index (κ1) is 15.1. The average molecular weight is 324 g/mol. The van der Waals surface area contributed by atoms with Gasteiger partial charge in [0.25, 0.3) is 0 Å². The molecule has 22 heavy (non-hydrogen) atoms. The summed E-state index contributed by atoms with van der Waals surface area (Å²) in [5.74, 6) is -2.51. The van der Waals surface area contributed by atoms with Crippen molar-refractivity contribution in [3.05, 3.63) is 59.9 Å². The van der Waals surface area contributed by atoms with Crippen LogP contribution in [0.25, 0.3) is 0 Å². The summed E-state index contributed by atoms with van der Waals surface area (Å²) in [6, 6.07) is 7.97. The molecule has 2 aromatic rings. The summed E-state index contributed by atoms with van der Waals surface area (Å²) in [5, 5.41) is 0. The Hall–Kier alpha value is -1.86. The van der Waals surface area contributed by atoms with Crippen LogP contribution >= 0.6 is 0 Å². The number of halogens is 2. The minimum absolute atomic E-state index is 0.263. The maximum atomic E-state index is 13.9. The maximum Gasteiger partial charge on any atom is 0.246 e. The molecule has 0 aliphatic carbocycles. The van der Waals surface area contributed by atoms with Gasteiger partial charge in [-0.2, -0.15) is 4.31 Å². The van der Waals surface area contributed by atoms with Gasteiger partial charge in [-0.3, -0.25) is 4.98 Å². The highest BCUT2D eigenvalue weighted by molar-refractivity contribution is 7.89. The number of hydrogen-bond acceptors (Lipinski definition) is 3. The van der Waals surface area contributed by atoms with E-state index in [1.165, 1.54) is 10.4 Å². The third-order valence-corrected chi connectivity index (χ3v) is 5.66. The van der Waals surface area contributed by atoms with E-state index < -0.39 is 32.6 Å². The molecule has 1 saturated heterocycles. The summed E-state index contributed by atoms with van der Waals surface area (Å²) in [6.45, 7) is 0.263. The molecule has 2 heterocycles. The second-order valence-corrected chi connectivity index (χ2v) is 6.94. The van der Waals surface area contributed by atoms with Gasteiger partial charge in [-0.05, 0) is 37.1 Å². The van der Waals surface area contributed by atoms with Gasteiger partial charge in [-0.15, -0.1) is 0 Å². The Balaban J connectivity index is 2.03. The first-order valence-corrected chi connectivity index (χ1v) is 8.32. The van der Waals surface area contributed by atoms with E-state index >= 15 is 0 Å². The van der Waals surface area contributed by atoms with Crippen molar-refractivity contribution in [3.63, 3.8) is 0 Å². The molecular formula is C15H14F2N2O2S. The fourth-order valence-corrected chi connectivity index (χ4v) is 4.45. The van der Waals surface area contributed by atoms with Crippen molar-refractivity contribution >= 4 is 10.0 Å². The molecule has 1 aromatic heterocycles. The van der Waals surface area contributed by atoms with E-state index in [4.69, 9.17) is 0 Å². The topological polar surface area (TPSA) is 50.3 Å². The zero-order valence-electron chi connectivity index (χ0n) is 11.6. The van der Waals surface area contributed by atoms with Gasteiger partial charge in [0, 0.05) is 12.7 Å². The molecule has 0 bridgehead atoms. The highest BCUT2D eigenvalue weighted by atomic mass is 32.2. The second kappa shape index (κ2) is 5.73. The van der Waals surface area contributed by atoms with E-state index in [1.807, 2.05) is 0 Å². The smallest absolute Gasteiger partial charge is 0.246 e. The molecule has 4 nitrogen and oxygen atoms in total. The predicted molar refractivity (Wildman–Crippen MR) is 76.5 cm³/mol. The Morgan fingerprint density at radius 1 is 1.14 bits per heavy atom. The molecule has 116 valence electrons. The maximum absolute atomic E-state index is 13.9. The van der Waals surface area contributed by atoms with Crippen LogP contribution in [-0.4, -0.2) is 24.3 Å². The molecule has 0 spiro atoms. The zero-order chi connectivity index (χ0) is 15.7. The molecule has 1 fully saturated rings. The number of nitrogens with zero attached hydrogens (tertiary/aromatic N) is 2. The van der Waals surface area contributed by atoms with Crippen LogP contribution in [0.5, 0.6) is 0 Å². The summed E-state index contributed by atoms with van der Waals surface area (Å²) < 4.78 is 53.8. The third-order valence-electron chi connectivity index (χ3n) is 3.74. The third kappa shape index (κ3) is 2.50. The van der Waals surface area contributed by atoms with Crippen LogP contribution in [-0.2, 0) is 10.0 Å². The Morgan fingerprint density at radius 2 is 1.95 bits per heavy atom. The van der Waals surface area contributed by atoms with Gasteiger partial charge in [0.1, 0.15) is 4.90 Å². The molecule has 0 saturated carbocycles. The molecule has 0 N–H and O–H groups in total. The number of benzene rings is 1. The minimum Gasteiger partial charge on any atom is -0.260 e. The SMILES string of the molecule is O=S(=O)(c1cccc(F)c1F)N1CCCC1c1ccccn1. The van der Waals surface area contributed by atoms with Gasteiger partial charge in [-0.1, -0.05) is 12.1 Å². The van der Waals surface area contributed by atoms with Gasteiger partial charge in [0.2, 0.25) is 10.0 Å². The lowest BCUT2D eigenvalue weighted by Crippen LogP contribution is -2.31. The van der Waals surface area contributed by atoms with Crippen molar-refractivity contribution in [1.82, 2.24) is 9.29 Å². The Bertz CT molecular complexity index is 781. The van der Waals surface area contributed by atoms with Crippen LogP contribution in [0.15, 0.2) is 47.5 Å². The lowest BCUT2D eigenvalue weighted by atomic mass is 10.1. The standard InChI is InChI=1S/C15H14F2N2O2S/c16-11-5-3-8-14(15(11)17)22(20,21)19-10-4-7-13(19)12-6-1-2-9-18-12/h1-3,5-6,8-9,13H,4,7,10H2. The quantitative estimate of drug-likeness (QED) is 0.872. The number of hydrogen-bond donors (Lipinski definition) is 0. The first-order valence-electron chi connectivity index (χ1n) is 6.88. The number of sulfonamides is 1. The summed E-state index contributed by atoms with van der Waals surface area (Å²) in [4.78, 5) is 3.55. The molecule has 1 atom stereocenters. The molecular weight excluding hydrogens is 310 g/mol. The summed E-state index contributed by atoms with van der Waals surface area (Å²) in [5.41, 5.74) is 0.611. The van der Waals surface area contributed by atoms with Crippen molar-refractivity contribution in [2.45, 2.75) is 23.8 Å². The highest BCUT2D eigenvalue weighted by Gasteiger charge is 2.38. The molecule has 1 aliphatic heterocycles. The fourth-order valence-electron chi connectivity index (χ4n) is 2.71. The molecule has 1 unspecified atom stereocenters. The monoisotopic (exact) mass is 324 g/mol. The van der Waals surface area contributed by atoms with Crippen LogP contribution in [0, 0.1) is 11.6 Å². The Kier molecular flexibility index (Phi) is 3.92. The molecule has 0 radical (unpaired) electrons. The van der Waals surface area contributed by atoms with Crippen molar-refractivity contribution in [2.24, 2.45) is 0 Å². The van der Waals surface area contributed by atoms with Gasteiger partial charge >= 0.3 is 0 Å². The number of aromatic nitrogens is 1. The zero-order valence-corrected chi connectivity index (χ0v) is 12.4. The highest BCUT2D eigenvalue weighted by Crippen LogP contribution is 2.36. The van der Waals surface area contributed by atoms with Gasteiger partial charge < -0.3 is 0 Å². The molecule has 7 heteroatoms. The van der Waals surface area contributed by atoms with E-state index in [2.05, 4.69) is 4.98 Å². The lowest BCUT2D eigenvalue weighted by Gasteiger charge is -2.23. The van der Waals surface area contributed by atoms with Crippen molar-refractivity contribution < 1.29 is 17.2 Å². The van der Waals surface area contributed by atoms with Crippen LogP contribution in [0.3, 0.4) is 0 Å². The molecule has 1 aromatic carbocycles. The first-order chi connectivity index (χ1) is 10.5. The van der Waals surface area contributed by atoms with Gasteiger partial charge in [0.15, 0.2) is 11.6 Å². The molecule has 3 rings (SSSR count). The van der Waals surface area contributed by atoms with Crippen molar-refractivity contribution in [3.8, 4) is 0 Å². The van der Waals surface area contributed by atoms with E-state index in [0.717, 1.165) is 12.1 Å². The lowest BCUT2D eigenvalue weighted by molar-refractivity contribution is 0.385. The normalized spacial score (nSPS) is 19.5. The average Bonchev–Trinajstić information content (AvgIpc) is 3.01. The molecule has 0 amide bonds. The van der Waals surface area contributed by atoms with Crippen LogP contribution in [0.2, 0.25) is 0 Å². The van der Waals surface area contributed by atoms with E-state index in [1.54, 1.807) is 24.4 Å². The van der Waals surface area contributed by atoms with Crippen molar-refractivity contribution in [2.75, 3.05) is 6.54 Å². The van der Waals surface area contributed by atoms with Crippen molar-refractivity contribution in [1.29, 1.82) is 0 Å². The predicted octanol–water partition coefficient (Wildman–Crippen LogP) is 2.89. The van der Waals surface area contributed by atoms with Gasteiger partial charge in [0.05, 0.1) is 11.7 Å². The van der Waals surface area contributed by atoms with E-state index in [9.17, 15) is 17.2 Å². The van der Waals surface area contributed by atoms with Gasteiger partial charge in [-0.25, -0.2) is 17.2 Å². The largest absolute Gasteiger partial charge is 0.260 e. The Morgan fingerprint density at radius 3 is 2.68 bits per heavy atom. The van der Waals surface area contributed by atoms with Crippen LogP contribution in [0.4, 0.5) is 8.78 Å². The summed E-state index contributed by atoms with van der Waals surface area (Å²) >= 11 is 0. The van der Waals surface area contributed by atoms with E-state index in [-0.39, 0.29) is 6.54 Å². The van der Waals surface area contributed by atoms with Crippen LogP contribution in [0.1, 0.15) is 24.6 Å². The number of pyridine rings is 1. The minimum atomic E-state index is -4.11. The molecule has 1 aliphatic rings. The van der Waals surface area contributed by atoms with E-state index in [0.29, 0.717) is 18.5 Å². The summed E-state index contributed by atoms with van der Waals surface area (Å²) in [7, 11) is -4.11. The van der Waals surface area contributed by atoms with Crippen LogP contribution < -0.4 is 0 Å². The number of rotatable bonds is 3. The Labute approximate surface area is 127 Å². The second-order valence-electron chi connectivity index (χ2n) is 5.08.